The standard InChI is InChI=1S/C20H22Cl2N8O/c1-2-30-19-17(25-26-30)18(23-12-24-19)29-10-13(11-29)20(31)28-8-6-27(7-9-28)15-5-3-4-14(21)16(15)22/h3-5,12-13H,2,6-11H2,1H3. The Morgan fingerprint density at radius 3 is 2.61 bits per heavy atom. The highest BCUT2D eigenvalue weighted by molar-refractivity contribution is 6.43. The quantitative estimate of drug-likeness (QED) is 0.590. The fourth-order valence-electron chi connectivity index (χ4n) is 4.19. The van der Waals surface area contributed by atoms with Gasteiger partial charge in [-0.2, -0.15) is 0 Å². The van der Waals surface area contributed by atoms with Crippen molar-refractivity contribution in [1.82, 2.24) is 29.9 Å². The van der Waals surface area contributed by atoms with Crippen LogP contribution in [0.25, 0.3) is 11.2 Å². The highest BCUT2D eigenvalue weighted by atomic mass is 35.5. The minimum Gasteiger partial charge on any atom is -0.367 e. The number of carbonyl (C=O) groups excluding carboxylic acids is 1. The van der Waals surface area contributed by atoms with Gasteiger partial charge in [0, 0.05) is 45.8 Å². The number of carbonyl (C=O) groups is 1. The molecule has 0 atom stereocenters. The van der Waals surface area contributed by atoms with Crippen LogP contribution in [-0.2, 0) is 11.3 Å². The average molecular weight is 461 g/mol. The molecule has 2 fully saturated rings. The highest BCUT2D eigenvalue weighted by Gasteiger charge is 2.38. The first kappa shape index (κ1) is 20.3. The number of rotatable bonds is 4. The lowest BCUT2D eigenvalue weighted by atomic mass is 9.98. The molecular weight excluding hydrogens is 439 g/mol. The minimum atomic E-state index is -0.0347. The predicted octanol–water partition coefficient (Wildman–Crippen LogP) is 2.33. The molecular formula is C20H22Cl2N8O. The van der Waals surface area contributed by atoms with E-state index in [0.29, 0.717) is 48.3 Å². The van der Waals surface area contributed by atoms with Gasteiger partial charge in [0.1, 0.15) is 6.33 Å². The molecule has 0 N–H and O–H groups in total. The molecule has 2 aliphatic heterocycles. The number of hydrogen-bond donors (Lipinski definition) is 0. The van der Waals surface area contributed by atoms with E-state index >= 15 is 0 Å². The van der Waals surface area contributed by atoms with Crippen LogP contribution in [0.5, 0.6) is 0 Å². The summed E-state index contributed by atoms with van der Waals surface area (Å²) in [7, 11) is 0. The van der Waals surface area contributed by atoms with Gasteiger partial charge in [-0.05, 0) is 19.1 Å². The number of aromatic nitrogens is 5. The van der Waals surface area contributed by atoms with Gasteiger partial charge in [-0.25, -0.2) is 14.6 Å². The fourth-order valence-corrected chi connectivity index (χ4v) is 4.61. The Labute approximate surface area is 189 Å². The smallest absolute Gasteiger partial charge is 0.229 e. The van der Waals surface area contributed by atoms with Crippen LogP contribution in [0.2, 0.25) is 10.0 Å². The molecule has 0 aliphatic carbocycles. The number of anilines is 2. The summed E-state index contributed by atoms with van der Waals surface area (Å²) in [5.74, 6) is 0.900. The number of amides is 1. The Bertz CT molecular complexity index is 1120. The van der Waals surface area contributed by atoms with Crippen LogP contribution < -0.4 is 9.80 Å². The third-order valence-electron chi connectivity index (χ3n) is 5.97. The molecule has 11 heteroatoms. The molecule has 5 rings (SSSR count). The molecule has 2 saturated heterocycles. The molecule has 0 unspecified atom stereocenters. The van der Waals surface area contributed by atoms with Crippen LogP contribution in [0.4, 0.5) is 11.5 Å². The molecule has 2 aromatic heterocycles. The van der Waals surface area contributed by atoms with Gasteiger partial charge < -0.3 is 14.7 Å². The van der Waals surface area contributed by atoms with Crippen LogP contribution in [0.15, 0.2) is 24.5 Å². The Morgan fingerprint density at radius 2 is 1.87 bits per heavy atom. The van der Waals surface area contributed by atoms with E-state index in [0.717, 1.165) is 30.2 Å². The first-order valence-corrected chi connectivity index (χ1v) is 11.1. The Balaban J connectivity index is 1.20. The summed E-state index contributed by atoms with van der Waals surface area (Å²) in [6.45, 7) is 6.74. The maximum atomic E-state index is 13.0. The fraction of sp³-hybridized carbons (Fsp3) is 0.450. The van der Waals surface area contributed by atoms with Crippen molar-refractivity contribution in [2.45, 2.75) is 13.5 Å². The summed E-state index contributed by atoms with van der Waals surface area (Å²) in [6.07, 6.45) is 1.53. The lowest BCUT2D eigenvalue weighted by molar-refractivity contribution is -0.136. The van der Waals surface area contributed by atoms with Gasteiger partial charge in [0.25, 0.3) is 0 Å². The molecule has 0 saturated carbocycles. The van der Waals surface area contributed by atoms with E-state index in [4.69, 9.17) is 23.2 Å². The zero-order valence-corrected chi connectivity index (χ0v) is 18.6. The number of hydrogen-bond acceptors (Lipinski definition) is 7. The minimum absolute atomic E-state index is 0.0347. The maximum absolute atomic E-state index is 13.0. The van der Waals surface area contributed by atoms with Crippen LogP contribution in [0.3, 0.4) is 0 Å². The van der Waals surface area contributed by atoms with E-state index < -0.39 is 0 Å². The summed E-state index contributed by atoms with van der Waals surface area (Å²) >= 11 is 12.5. The molecule has 0 radical (unpaired) electrons. The molecule has 3 aromatic rings. The van der Waals surface area contributed by atoms with Gasteiger partial charge in [0.15, 0.2) is 17.0 Å². The number of halogens is 2. The molecule has 2 aliphatic rings. The van der Waals surface area contributed by atoms with E-state index in [2.05, 4.69) is 30.1 Å². The summed E-state index contributed by atoms with van der Waals surface area (Å²) in [5.41, 5.74) is 2.32. The summed E-state index contributed by atoms with van der Waals surface area (Å²) < 4.78 is 1.74. The van der Waals surface area contributed by atoms with Crippen molar-refractivity contribution in [2.24, 2.45) is 5.92 Å². The van der Waals surface area contributed by atoms with Crippen molar-refractivity contribution < 1.29 is 4.79 Å². The monoisotopic (exact) mass is 460 g/mol. The number of piperazine rings is 1. The second-order valence-corrected chi connectivity index (χ2v) is 8.55. The second kappa shape index (κ2) is 8.12. The number of benzene rings is 1. The molecule has 1 aromatic carbocycles. The predicted molar refractivity (Wildman–Crippen MR) is 120 cm³/mol. The summed E-state index contributed by atoms with van der Waals surface area (Å²) in [5, 5.41) is 9.47. The van der Waals surface area contributed by atoms with Crippen LogP contribution in [0, 0.1) is 5.92 Å². The summed E-state index contributed by atoms with van der Waals surface area (Å²) in [6, 6.07) is 5.64. The van der Waals surface area contributed by atoms with E-state index in [1.165, 1.54) is 6.33 Å². The number of nitrogens with zero attached hydrogens (tertiary/aromatic N) is 8. The van der Waals surface area contributed by atoms with Gasteiger partial charge in [-0.15, -0.1) is 5.10 Å². The highest BCUT2D eigenvalue weighted by Crippen LogP contribution is 2.33. The second-order valence-electron chi connectivity index (χ2n) is 7.76. The van der Waals surface area contributed by atoms with Crippen LogP contribution in [-0.4, -0.2) is 75.0 Å². The zero-order chi connectivity index (χ0) is 21.5. The number of aryl methyl sites for hydroxylation is 1. The molecule has 4 heterocycles. The first-order chi connectivity index (χ1) is 15.1. The Hall–Kier alpha value is -2.65. The van der Waals surface area contributed by atoms with Crippen molar-refractivity contribution in [1.29, 1.82) is 0 Å². The van der Waals surface area contributed by atoms with Gasteiger partial charge >= 0.3 is 0 Å². The van der Waals surface area contributed by atoms with Crippen molar-refractivity contribution >= 4 is 51.8 Å². The maximum Gasteiger partial charge on any atom is 0.229 e. The molecule has 9 nitrogen and oxygen atoms in total. The lowest BCUT2D eigenvalue weighted by Gasteiger charge is -2.43. The van der Waals surface area contributed by atoms with Gasteiger partial charge in [0.05, 0.1) is 21.7 Å². The lowest BCUT2D eigenvalue weighted by Crippen LogP contribution is -2.58. The number of fused-ring (bicyclic) bond motifs is 1. The van der Waals surface area contributed by atoms with Crippen LogP contribution in [0.1, 0.15) is 6.92 Å². The molecule has 162 valence electrons. The zero-order valence-electron chi connectivity index (χ0n) is 17.1. The van der Waals surface area contributed by atoms with Crippen molar-refractivity contribution in [3.63, 3.8) is 0 Å². The average Bonchev–Trinajstić information content (AvgIpc) is 3.19. The molecule has 0 spiro atoms. The third-order valence-corrected chi connectivity index (χ3v) is 6.78. The molecule has 0 bridgehead atoms. The topological polar surface area (TPSA) is 83.3 Å². The molecule has 1 amide bonds. The SMILES string of the molecule is CCn1nnc2c(N3CC(C(=O)N4CCN(c5cccc(Cl)c5Cl)CC4)C3)ncnc21. The van der Waals surface area contributed by atoms with Gasteiger partial charge in [-0.1, -0.05) is 34.5 Å². The third kappa shape index (κ3) is 3.55. The van der Waals surface area contributed by atoms with Gasteiger partial charge in [0.2, 0.25) is 5.91 Å². The largest absolute Gasteiger partial charge is 0.367 e. The Kier molecular flexibility index (Phi) is 5.31. The van der Waals surface area contributed by atoms with E-state index in [-0.39, 0.29) is 11.8 Å². The van der Waals surface area contributed by atoms with Gasteiger partial charge in [-0.3, -0.25) is 4.79 Å². The van der Waals surface area contributed by atoms with Crippen molar-refractivity contribution in [2.75, 3.05) is 49.1 Å². The van der Waals surface area contributed by atoms with E-state index in [1.54, 1.807) is 10.7 Å². The molecule has 31 heavy (non-hydrogen) atoms. The Morgan fingerprint density at radius 1 is 1.10 bits per heavy atom. The first-order valence-electron chi connectivity index (χ1n) is 10.3. The summed E-state index contributed by atoms with van der Waals surface area (Å²) in [4.78, 5) is 27.9. The normalized spacial score (nSPS) is 17.3. The van der Waals surface area contributed by atoms with Crippen LogP contribution >= 0.6 is 23.2 Å². The van der Waals surface area contributed by atoms with Crippen molar-refractivity contribution in [3.05, 3.63) is 34.6 Å². The van der Waals surface area contributed by atoms with E-state index in [9.17, 15) is 4.79 Å². The van der Waals surface area contributed by atoms with E-state index in [1.807, 2.05) is 24.0 Å². The van der Waals surface area contributed by atoms with Crippen molar-refractivity contribution in [3.8, 4) is 0 Å².